The van der Waals surface area contributed by atoms with Crippen LogP contribution in [0.5, 0.6) is 11.5 Å². The van der Waals surface area contributed by atoms with E-state index in [-0.39, 0.29) is 5.38 Å². The van der Waals surface area contributed by atoms with Gasteiger partial charge in [-0.2, -0.15) is 0 Å². The highest BCUT2D eigenvalue weighted by atomic mass is 79.9. The zero-order valence-corrected chi connectivity index (χ0v) is 14.9. The molecule has 2 atom stereocenters. The molecule has 1 aromatic carbocycles. The fourth-order valence-corrected chi connectivity index (χ4v) is 3.43. The Balaban J connectivity index is 2.04. The van der Waals surface area contributed by atoms with Gasteiger partial charge in [0.15, 0.2) is 0 Å². The van der Waals surface area contributed by atoms with Gasteiger partial charge in [-0.15, -0.1) is 11.6 Å². The van der Waals surface area contributed by atoms with Gasteiger partial charge in [0.1, 0.15) is 11.5 Å². The molecule has 0 bridgehead atoms. The highest BCUT2D eigenvalue weighted by Crippen LogP contribution is 2.40. The first kappa shape index (κ1) is 16.9. The van der Waals surface area contributed by atoms with E-state index in [1.807, 2.05) is 12.1 Å². The highest BCUT2D eigenvalue weighted by molar-refractivity contribution is 9.10. The Bertz CT molecular complexity index is 461. The summed E-state index contributed by atoms with van der Waals surface area (Å²) in [5, 5.41) is -0.104. The predicted molar refractivity (Wildman–Crippen MR) is 88.7 cm³/mol. The lowest BCUT2D eigenvalue weighted by atomic mass is 10.00. The number of hydrogen-bond donors (Lipinski definition) is 0. The SMILES string of the molecule is COc1cc(C(Cl)CCC2CCCCO2)c(OC)cc1Br. The molecule has 3 nitrogen and oxygen atoms in total. The fourth-order valence-electron chi connectivity index (χ4n) is 2.65. The molecule has 118 valence electrons. The third-order valence-corrected chi connectivity index (χ3v) is 4.93. The van der Waals surface area contributed by atoms with Crippen LogP contribution in [0.25, 0.3) is 0 Å². The largest absolute Gasteiger partial charge is 0.496 e. The molecule has 0 saturated carbocycles. The number of alkyl halides is 1. The van der Waals surface area contributed by atoms with E-state index in [0.717, 1.165) is 47.4 Å². The van der Waals surface area contributed by atoms with Gasteiger partial charge in [0.05, 0.1) is 30.2 Å². The topological polar surface area (TPSA) is 27.7 Å². The average molecular weight is 378 g/mol. The van der Waals surface area contributed by atoms with Gasteiger partial charge in [0, 0.05) is 12.2 Å². The fraction of sp³-hybridized carbons (Fsp3) is 0.625. The minimum absolute atomic E-state index is 0.104. The Hall–Kier alpha value is -0.450. The monoisotopic (exact) mass is 376 g/mol. The van der Waals surface area contributed by atoms with Crippen LogP contribution in [0, 0.1) is 0 Å². The van der Waals surface area contributed by atoms with Crippen molar-refractivity contribution in [1.82, 2.24) is 0 Å². The minimum Gasteiger partial charge on any atom is -0.496 e. The molecule has 1 aliphatic rings. The molecule has 0 radical (unpaired) electrons. The zero-order valence-electron chi connectivity index (χ0n) is 12.5. The highest BCUT2D eigenvalue weighted by Gasteiger charge is 2.20. The van der Waals surface area contributed by atoms with Crippen molar-refractivity contribution in [1.29, 1.82) is 0 Å². The summed E-state index contributed by atoms with van der Waals surface area (Å²) in [7, 11) is 3.31. The van der Waals surface area contributed by atoms with Crippen molar-refractivity contribution in [3.05, 3.63) is 22.2 Å². The van der Waals surface area contributed by atoms with E-state index < -0.39 is 0 Å². The van der Waals surface area contributed by atoms with E-state index in [2.05, 4.69) is 15.9 Å². The summed E-state index contributed by atoms with van der Waals surface area (Å²) < 4.78 is 17.4. The summed E-state index contributed by atoms with van der Waals surface area (Å²) in [6, 6.07) is 3.85. The number of benzene rings is 1. The van der Waals surface area contributed by atoms with Crippen LogP contribution in [-0.2, 0) is 4.74 Å². The molecule has 0 aromatic heterocycles. The second-order valence-electron chi connectivity index (χ2n) is 5.26. The van der Waals surface area contributed by atoms with Crippen molar-refractivity contribution in [2.75, 3.05) is 20.8 Å². The number of rotatable bonds is 6. The Labute approximate surface area is 140 Å². The molecule has 5 heteroatoms. The second kappa shape index (κ2) is 8.25. The van der Waals surface area contributed by atoms with Crippen molar-refractivity contribution in [3.63, 3.8) is 0 Å². The molecule has 1 saturated heterocycles. The summed E-state index contributed by atoms with van der Waals surface area (Å²) in [5.41, 5.74) is 0.968. The Morgan fingerprint density at radius 3 is 2.67 bits per heavy atom. The maximum atomic E-state index is 6.58. The molecule has 1 aliphatic heterocycles. The van der Waals surface area contributed by atoms with Gasteiger partial charge in [0.2, 0.25) is 0 Å². The standard InChI is InChI=1S/C16H22BrClO3/c1-19-15-10-13(17)16(20-2)9-12(15)14(18)7-6-11-5-3-4-8-21-11/h9-11,14H,3-8H2,1-2H3. The van der Waals surface area contributed by atoms with E-state index in [9.17, 15) is 0 Å². The molecule has 1 heterocycles. The van der Waals surface area contributed by atoms with Crippen molar-refractivity contribution in [2.45, 2.75) is 43.6 Å². The van der Waals surface area contributed by atoms with Crippen molar-refractivity contribution < 1.29 is 14.2 Å². The molecule has 1 aromatic rings. The normalized spacial score (nSPS) is 20.1. The maximum Gasteiger partial charge on any atom is 0.133 e. The number of methoxy groups -OCH3 is 2. The molecule has 21 heavy (non-hydrogen) atoms. The smallest absolute Gasteiger partial charge is 0.133 e. The van der Waals surface area contributed by atoms with Gasteiger partial charge in [-0.25, -0.2) is 0 Å². The molecule has 0 N–H and O–H groups in total. The third-order valence-electron chi connectivity index (χ3n) is 3.86. The molecule has 2 rings (SSSR count). The predicted octanol–water partition coefficient (Wildman–Crippen LogP) is 5.10. The number of ether oxygens (including phenoxy) is 3. The minimum atomic E-state index is -0.104. The molecule has 0 aliphatic carbocycles. The lowest BCUT2D eigenvalue weighted by Crippen LogP contribution is -2.19. The maximum absolute atomic E-state index is 6.58. The summed E-state index contributed by atoms with van der Waals surface area (Å²) >= 11 is 10.0. The van der Waals surface area contributed by atoms with Crippen LogP contribution in [0.3, 0.4) is 0 Å². The molecular weight excluding hydrogens is 356 g/mol. The average Bonchev–Trinajstić information content (AvgIpc) is 2.53. The van der Waals surface area contributed by atoms with E-state index in [1.54, 1.807) is 14.2 Å². The van der Waals surface area contributed by atoms with Gasteiger partial charge in [0.25, 0.3) is 0 Å². The van der Waals surface area contributed by atoms with Gasteiger partial charge in [-0.1, -0.05) is 0 Å². The van der Waals surface area contributed by atoms with E-state index in [0.29, 0.717) is 6.10 Å². The Morgan fingerprint density at radius 1 is 1.29 bits per heavy atom. The third kappa shape index (κ3) is 4.51. The van der Waals surface area contributed by atoms with Gasteiger partial charge in [-0.05, 0) is 60.2 Å². The molecule has 2 unspecified atom stereocenters. The van der Waals surface area contributed by atoms with E-state index in [1.165, 1.54) is 12.8 Å². The van der Waals surface area contributed by atoms with Gasteiger partial charge >= 0.3 is 0 Å². The number of halogens is 2. The molecule has 0 spiro atoms. The van der Waals surface area contributed by atoms with E-state index >= 15 is 0 Å². The van der Waals surface area contributed by atoms with Crippen LogP contribution in [0.4, 0.5) is 0 Å². The van der Waals surface area contributed by atoms with Crippen LogP contribution >= 0.6 is 27.5 Å². The van der Waals surface area contributed by atoms with Crippen molar-refractivity contribution in [2.24, 2.45) is 0 Å². The van der Waals surface area contributed by atoms with Crippen molar-refractivity contribution >= 4 is 27.5 Å². The first-order chi connectivity index (χ1) is 10.2. The summed E-state index contributed by atoms with van der Waals surface area (Å²) in [6.07, 6.45) is 5.78. The Morgan fingerprint density at radius 2 is 2.05 bits per heavy atom. The molecule has 1 fully saturated rings. The molecular formula is C16H22BrClO3. The van der Waals surface area contributed by atoms with E-state index in [4.69, 9.17) is 25.8 Å². The lowest BCUT2D eigenvalue weighted by molar-refractivity contribution is 0.00998. The lowest BCUT2D eigenvalue weighted by Gasteiger charge is -2.24. The summed E-state index contributed by atoms with van der Waals surface area (Å²) in [5.74, 6) is 1.55. The Kier molecular flexibility index (Phi) is 6.65. The number of hydrogen-bond acceptors (Lipinski definition) is 3. The van der Waals surface area contributed by atoms with Crippen LogP contribution in [0.2, 0.25) is 0 Å². The van der Waals surface area contributed by atoms with Crippen LogP contribution in [0.15, 0.2) is 16.6 Å². The van der Waals surface area contributed by atoms with Gasteiger partial charge in [-0.3, -0.25) is 0 Å². The molecule has 0 amide bonds. The van der Waals surface area contributed by atoms with Crippen LogP contribution < -0.4 is 9.47 Å². The van der Waals surface area contributed by atoms with Crippen molar-refractivity contribution in [3.8, 4) is 11.5 Å². The second-order valence-corrected chi connectivity index (χ2v) is 6.64. The van der Waals surface area contributed by atoms with Gasteiger partial charge < -0.3 is 14.2 Å². The van der Waals surface area contributed by atoms with Crippen LogP contribution in [0.1, 0.15) is 43.0 Å². The summed E-state index contributed by atoms with van der Waals surface area (Å²) in [4.78, 5) is 0. The quantitative estimate of drug-likeness (QED) is 0.646. The zero-order chi connectivity index (χ0) is 15.2. The first-order valence-corrected chi connectivity index (χ1v) is 8.55. The van der Waals surface area contributed by atoms with Crippen LogP contribution in [-0.4, -0.2) is 26.9 Å². The first-order valence-electron chi connectivity index (χ1n) is 7.32. The summed E-state index contributed by atoms with van der Waals surface area (Å²) in [6.45, 7) is 0.882.